The molecule has 0 saturated heterocycles. The van der Waals surface area contributed by atoms with Crippen LogP contribution in [0.3, 0.4) is 0 Å². The molecule has 334 valence electrons. The standard InChI is InChI=1S/C67H47N3Si/c1-46-21-20-26-50(43-46)71(48-22-4-2-5-23-48,49-24-6-3-7-25-49)51-40-41-58(56-31-12-18-37-64(56)69-62-35-16-10-29-54(62)55-30-11-17-36-63(55)69)67(45-51)70-65-38-19-13-32-57(65)59-44-47(39-42-66(59)70)68-60-33-14-8-27-52(60)53-28-9-15-34-61(53)68/h2-45H,1H3. The Kier molecular flexibility index (Phi) is 9.45. The van der Waals surface area contributed by atoms with Crippen molar-refractivity contribution in [3.63, 3.8) is 0 Å². The maximum atomic E-state index is 2.57. The van der Waals surface area contributed by atoms with Crippen molar-refractivity contribution < 1.29 is 0 Å². The van der Waals surface area contributed by atoms with E-state index in [4.69, 9.17) is 0 Å². The summed E-state index contributed by atoms with van der Waals surface area (Å²) >= 11 is 0. The molecular formula is C67H47N3Si. The summed E-state index contributed by atoms with van der Waals surface area (Å²) in [6.07, 6.45) is 0. The van der Waals surface area contributed by atoms with Crippen LogP contribution < -0.4 is 20.7 Å². The molecule has 3 nitrogen and oxygen atoms in total. The van der Waals surface area contributed by atoms with Gasteiger partial charge in [0.25, 0.3) is 0 Å². The van der Waals surface area contributed by atoms with Crippen molar-refractivity contribution in [2.24, 2.45) is 0 Å². The molecule has 3 aromatic heterocycles. The Morgan fingerprint density at radius 3 is 1.21 bits per heavy atom. The molecule has 0 spiro atoms. The SMILES string of the molecule is Cc1cccc([Si](c2ccccc2)(c2ccccc2)c2ccc(-c3ccccc3-n3c4ccccc4c4ccccc43)c(-n3c4ccccc4c4cc(-n5c6ccccc6c6ccccc65)ccc43)c2)c1. The Balaban J connectivity index is 1.11. The van der Waals surface area contributed by atoms with E-state index >= 15 is 0 Å². The first-order valence-corrected chi connectivity index (χ1v) is 26.6. The average Bonchev–Trinajstić information content (AvgIpc) is 4.07. The van der Waals surface area contributed by atoms with Gasteiger partial charge in [-0.2, -0.15) is 0 Å². The number of aromatic nitrogens is 3. The maximum absolute atomic E-state index is 2.99. The van der Waals surface area contributed by atoms with E-state index in [1.807, 2.05) is 0 Å². The minimum Gasteiger partial charge on any atom is -0.309 e. The summed E-state index contributed by atoms with van der Waals surface area (Å²) in [7, 11) is -2.99. The first-order chi connectivity index (χ1) is 35.2. The first-order valence-electron chi connectivity index (χ1n) is 24.6. The third kappa shape index (κ3) is 6.21. The lowest BCUT2D eigenvalue weighted by Crippen LogP contribution is -2.74. The van der Waals surface area contributed by atoms with Gasteiger partial charge in [-0.05, 0) is 88.3 Å². The van der Waals surface area contributed by atoms with Crippen molar-refractivity contribution in [2.75, 3.05) is 0 Å². The zero-order valence-electron chi connectivity index (χ0n) is 39.2. The molecule has 0 aliphatic rings. The molecule has 0 aliphatic heterocycles. The topological polar surface area (TPSA) is 14.8 Å². The molecular weight excluding hydrogens is 875 g/mol. The van der Waals surface area contributed by atoms with E-state index in [2.05, 4.69) is 288 Å². The van der Waals surface area contributed by atoms with Crippen LogP contribution in [0.2, 0.25) is 0 Å². The molecule has 11 aromatic carbocycles. The molecule has 0 fully saturated rings. The van der Waals surface area contributed by atoms with Gasteiger partial charge in [-0.3, -0.25) is 0 Å². The Morgan fingerprint density at radius 1 is 0.254 bits per heavy atom. The fraction of sp³-hybridized carbons (Fsp3) is 0.0149. The summed E-state index contributed by atoms with van der Waals surface area (Å²) in [5.41, 5.74) is 14.1. The summed E-state index contributed by atoms with van der Waals surface area (Å²) in [4.78, 5) is 0. The summed E-state index contributed by atoms with van der Waals surface area (Å²) in [6.45, 7) is 2.23. The number of hydrogen-bond acceptors (Lipinski definition) is 0. The Labute approximate surface area is 413 Å². The van der Waals surface area contributed by atoms with Gasteiger partial charge in [-0.1, -0.05) is 212 Å². The third-order valence-electron chi connectivity index (χ3n) is 15.0. The van der Waals surface area contributed by atoms with Crippen LogP contribution in [-0.4, -0.2) is 21.8 Å². The monoisotopic (exact) mass is 921 g/mol. The summed E-state index contributed by atoms with van der Waals surface area (Å²) < 4.78 is 7.47. The van der Waals surface area contributed by atoms with Crippen LogP contribution in [0.25, 0.3) is 93.6 Å². The van der Waals surface area contributed by atoms with Gasteiger partial charge in [-0.25, -0.2) is 0 Å². The van der Waals surface area contributed by atoms with Crippen LogP contribution in [0.15, 0.2) is 267 Å². The Hall–Kier alpha value is -8.96. The van der Waals surface area contributed by atoms with Crippen molar-refractivity contribution in [1.29, 1.82) is 0 Å². The van der Waals surface area contributed by atoms with Crippen molar-refractivity contribution in [2.45, 2.75) is 6.92 Å². The van der Waals surface area contributed by atoms with Gasteiger partial charge in [0.1, 0.15) is 0 Å². The molecule has 0 saturated carbocycles. The van der Waals surface area contributed by atoms with Crippen LogP contribution in [0.5, 0.6) is 0 Å². The predicted molar refractivity (Wildman–Crippen MR) is 303 cm³/mol. The molecule has 0 unspecified atom stereocenters. The highest BCUT2D eigenvalue weighted by atomic mass is 28.3. The molecule has 0 N–H and O–H groups in total. The second kappa shape index (κ2) is 16.3. The van der Waals surface area contributed by atoms with E-state index in [0.29, 0.717) is 0 Å². The minimum absolute atomic E-state index is 1.14. The largest absolute Gasteiger partial charge is 0.309 e. The number of fused-ring (bicyclic) bond motifs is 9. The van der Waals surface area contributed by atoms with Crippen molar-refractivity contribution in [1.82, 2.24) is 13.7 Å². The number of rotatable bonds is 8. The zero-order valence-corrected chi connectivity index (χ0v) is 40.2. The number of para-hydroxylation sites is 6. The lowest BCUT2D eigenvalue weighted by Gasteiger charge is -2.35. The van der Waals surface area contributed by atoms with E-state index in [1.54, 1.807) is 0 Å². The summed E-state index contributed by atoms with van der Waals surface area (Å²) in [6, 6.07) is 99.8. The van der Waals surface area contributed by atoms with Crippen LogP contribution in [0.4, 0.5) is 0 Å². The maximum Gasteiger partial charge on any atom is 0.179 e. The Bertz CT molecular complexity index is 4220. The number of hydrogen-bond donors (Lipinski definition) is 0. The highest BCUT2D eigenvalue weighted by molar-refractivity contribution is 7.20. The molecule has 3 heterocycles. The van der Waals surface area contributed by atoms with Crippen molar-refractivity contribution in [3.8, 4) is 28.2 Å². The molecule has 0 radical (unpaired) electrons. The van der Waals surface area contributed by atoms with Gasteiger partial charge in [0.2, 0.25) is 0 Å². The lowest BCUT2D eigenvalue weighted by atomic mass is 10.0. The van der Waals surface area contributed by atoms with Gasteiger partial charge >= 0.3 is 0 Å². The molecule has 0 amide bonds. The second-order valence-corrected chi connectivity index (χ2v) is 22.7. The van der Waals surface area contributed by atoms with E-state index < -0.39 is 8.07 Å². The Morgan fingerprint density at radius 2 is 0.662 bits per heavy atom. The average molecular weight is 922 g/mol. The number of benzene rings is 11. The van der Waals surface area contributed by atoms with E-state index in [0.717, 1.165) is 39.2 Å². The van der Waals surface area contributed by atoms with E-state index in [-0.39, 0.29) is 0 Å². The molecule has 14 aromatic rings. The van der Waals surface area contributed by atoms with Crippen molar-refractivity contribution >= 4 is 94.2 Å². The molecule has 0 atom stereocenters. The van der Waals surface area contributed by atoms with Gasteiger partial charge in [0, 0.05) is 49.1 Å². The molecule has 4 heteroatoms. The van der Waals surface area contributed by atoms with E-state index in [1.165, 1.54) is 80.7 Å². The second-order valence-electron chi connectivity index (χ2n) is 18.9. The van der Waals surface area contributed by atoms with Crippen LogP contribution in [0, 0.1) is 6.92 Å². The molecule has 0 aliphatic carbocycles. The summed E-state index contributed by atoms with van der Waals surface area (Å²) in [5, 5.41) is 12.8. The predicted octanol–water partition coefficient (Wildman–Crippen LogP) is 14.3. The third-order valence-corrected chi connectivity index (χ3v) is 19.8. The number of aryl methyl sites for hydroxylation is 1. The van der Waals surface area contributed by atoms with Crippen LogP contribution in [-0.2, 0) is 0 Å². The fourth-order valence-corrected chi connectivity index (χ4v) is 16.9. The van der Waals surface area contributed by atoms with Gasteiger partial charge in [-0.15, -0.1) is 0 Å². The van der Waals surface area contributed by atoms with Gasteiger partial charge in [0.15, 0.2) is 8.07 Å². The zero-order chi connectivity index (χ0) is 47.0. The lowest BCUT2D eigenvalue weighted by molar-refractivity contribution is 1.16. The smallest absolute Gasteiger partial charge is 0.179 e. The molecule has 0 bridgehead atoms. The first kappa shape index (κ1) is 41.0. The number of nitrogens with zero attached hydrogens (tertiary/aromatic N) is 3. The van der Waals surface area contributed by atoms with Gasteiger partial charge < -0.3 is 13.7 Å². The van der Waals surface area contributed by atoms with Crippen LogP contribution in [0.1, 0.15) is 5.56 Å². The molecule has 14 rings (SSSR count). The van der Waals surface area contributed by atoms with E-state index in [9.17, 15) is 0 Å². The minimum atomic E-state index is -2.99. The highest BCUT2D eigenvalue weighted by Crippen LogP contribution is 2.42. The van der Waals surface area contributed by atoms with Crippen LogP contribution >= 0.6 is 0 Å². The van der Waals surface area contributed by atoms with Gasteiger partial charge in [0.05, 0.1) is 44.5 Å². The fourth-order valence-electron chi connectivity index (χ4n) is 12.1. The molecule has 71 heavy (non-hydrogen) atoms. The summed E-state index contributed by atoms with van der Waals surface area (Å²) in [5.74, 6) is 0. The highest BCUT2D eigenvalue weighted by Gasteiger charge is 2.42. The normalized spacial score (nSPS) is 12.0. The van der Waals surface area contributed by atoms with Crippen molar-refractivity contribution in [3.05, 3.63) is 272 Å². The quantitative estimate of drug-likeness (QED) is 0.107.